The fourth-order valence-electron chi connectivity index (χ4n) is 1.96. The maximum absolute atomic E-state index is 12.4. The highest BCUT2D eigenvalue weighted by molar-refractivity contribution is 8.26. The first-order valence-corrected chi connectivity index (χ1v) is 8.40. The van der Waals surface area contributed by atoms with Gasteiger partial charge in [-0.15, -0.1) is 0 Å². The largest absolute Gasteiger partial charge is 0.285 e. The number of benzene rings is 1. The van der Waals surface area contributed by atoms with Crippen LogP contribution in [-0.4, -0.2) is 26.1 Å². The van der Waals surface area contributed by atoms with Crippen molar-refractivity contribution in [3.05, 3.63) is 69.8 Å². The second kappa shape index (κ2) is 7.12. The summed E-state index contributed by atoms with van der Waals surface area (Å²) in [7, 11) is 0. The number of carbonyl (C=O) groups excluding carboxylic acids is 2. The van der Waals surface area contributed by atoms with Crippen LogP contribution in [0.5, 0.6) is 0 Å². The number of amides is 2. The van der Waals surface area contributed by atoms with E-state index in [4.69, 9.17) is 23.8 Å². The Labute approximate surface area is 152 Å². The first kappa shape index (κ1) is 16.6. The quantitative estimate of drug-likeness (QED) is 0.659. The minimum atomic E-state index is -0.465. The Morgan fingerprint density at radius 2 is 2.12 bits per heavy atom. The fourth-order valence-corrected chi connectivity index (χ4v) is 3.31. The molecule has 0 radical (unpaired) electrons. The summed E-state index contributed by atoms with van der Waals surface area (Å²) in [6, 6.07) is 11.8. The second-order valence-electron chi connectivity index (χ2n) is 4.72. The highest BCUT2D eigenvalue weighted by atomic mass is 35.5. The molecule has 3 rings (SSSR count). The molecule has 1 N–H and O–H groups in total. The molecule has 0 aliphatic carbocycles. The van der Waals surface area contributed by atoms with Crippen LogP contribution < -0.4 is 5.43 Å². The topological polar surface area (TPSA) is 62.3 Å². The molecule has 1 aliphatic rings. The molecule has 120 valence electrons. The van der Waals surface area contributed by atoms with E-state index < -0.39 is 11.8 Å². The number of hydrogen-bond donors (Lipinski definition) is 1. The van der Waals surface area contributed by atoms with Gasteiger partial charge in [-0.25, -0.2) is 0 Å². The highest BCUT2D eigenvalue weighted by Gasteiger charge is 2.33. The summed E-state index contributed by atoms with van der Waals surface area (Å²) in [4.78, 5) is 29.2. The minimum absolute atomic E-state index is 0.248. The maximum atomic E-state index is 12.4. The molecular formula is C16H10ClN3O2S2. The van der Waals surface area contributed by atoms with Crippen LogP contribution in [0.4, 0.5) is 0 Å². The number of carbonyl (C=O) groups is 2. The molecule has 0 unspecified atom stereocenters. The number of nitrogens with zero attached hydrogens (tertiary/aromatic N) is 2. The van der Waals surface area contributed by atoms with Gasteiger partial charge in [-0.2, -0.15) is 5.01 Å². The molecule has 8 heteroatoms. The summed E-state index contributed by atoms with van der Waals surface area (Å²) < 4.78 is 0.248. The monoisotopic (exact) mass is 375 g/mol. The molecule has 1 aliphatic heterocycles. The van der Waals surface area contributed by atoms with Crippen LogP contribution in [0.1, 0.15) is 16.1 Å². The van der Waals surface area contributed by atoms with E-state index in [0.717, 1.165) is 16.8 Å². The van der Waals surface area contributed by atoms with Gasteiger partial charge in [0.1, 0.15) is 0 Å². The molecule has 2 heterocycles. The average Bonchev–Trinajstić information content (AvgIpc) is 2.83. The van der Waals surface area contributed by atoms with Gasteiger partial charge in [-0.3, -0.25) is 20.0 Å². The average molecular weight is 376 g/mol. The van der Waals surface area contributed by atoms with Crippen molar-refractivity contribution in [2.24, 2.45) is 0 Å². The summed E-state index contributed by atoms with van der Waals surface area (Å²) in [5.74, 6) is -0.862. The van der Waals surface area contributed by atoms with Crippen molar-refractivity contribution in [1.82, 2.24) is 15.4 Å². The van der Waals surface area contributed by atoms with Gasteiger partial charge in [0, 0.05) is 16.8 Å². The third-order valence-electron chi connectivity index (χ3n) is 3.06. The van der Waals surface area contributed by atoms with Crippen molar-refractivity contribution >= 4 is 57.8 Å². The van der Waals surface area contributed by atoms with Gasteiger partial charge < -0.3 is 0 Å². The maximum Gasteiger partial charge on any atom is 0.285 e. The van der Waals surface area contributed by atoms with Crippen LogP contribution in [0.25, 0.3) is 6.08 Å². The van der Waals surface area contributed by atoms with Gasteiger partial charge >= 0.3 is 0 Å². The predicted molar refractivity (Wildman–Crippen MR) is 98.2 cm³/mol. The SMILES string of the molecule is O=C(NN1C(=O)C(=Cc2ccccn2)SC1=S)c1cccc(Cl)c1. The van der Waals surface area contributed by atoms with E-state index in [9.17, 15) is 9.59 Å². The third kappa shape index (κ3) is 3.64. The minimum Gasteiger partial charge on any atom is -0.267 e. The van der Waals surface area contributed by atoms with Crippen LogP contribution in [0, 0.1) is 0 Å². The van der Waals surface area contributed by atoms with Crippen LogP contribution in [-0.2, 0) is 4.79 Å². The van der Waals surface area contributed by atoms with E-state index >= 15 is 0 Å². The lowest BCUT2D eigenvalue weighted by Gasteiger charge is -2.15. The van der Waals surface area contributed by atoms with Crippen molar-refractivity contribution in [1.29, 1.82) is 0 Å². The number of hydrogen-bond acceptors (Lipinski definition) is 5. The molecule has 2 aromatic rings. The summed E-state index contributed by atoms with van der Waals surface area (Å²) >= 11 is 12.1. The normalized spacial score (nSPS) is 15.9. The van der Waals surface area contributed by atoms with Crippen LogP contribution in [0.15, 0.2) is 53.6 Å². The second-order valence-corrected chi connectivity index (χ2v) is 6.84. The lowest BCUT2D eigenvalue weighted by atomic mass is 10.2. The number of pyridine rings is 1. The van der Waals surface area contributed by atoms with Crippen LogP contribution >= 0.6 is 35.6 Å². The zero-order chi connectivity index (χ0) is 17.1. The van der Waals surface area contributed by atoms with Gasteiger partial charge in [-0.1, -0.05) is 35.5 Å². The Balaban J connectivity index is 1.77. The smallest absolute Gasteiger partial charge is 0.267 e. The molecule has 1 aromatic heterocycles. The molecule has 5 nitrogen and oxygen atoms in total. The van der Waals surface area contributed by atoms with E-state index in [1.807, 2.05) is 6.07 Å². The van der Waals surface area contributed by atoms with E-state index in [-0.39, 0.29) is 4.32 Å². The lowest BCUT2D eigenvalue weighted by molar-refractivity contribution is -0.123. The van der Waals surface area contributed by atoms with Crippen LogP contribution in [0.2, 0.25) is 5.02 Å². The molecule has 0 spiro atoms. The summed E-state index contributed by atoms with van der Waals surface area (Å²) in [6.45, 7) is 0. The Bertz CT molecular complexity index is 855. The Kier molecular flexibility index (Phi) is 4.94. The number of aromatic nitrogens is 1. The first-order valence-electron chi connectivity index (χ1n) is 6.80. The Morgan fingerprint density at radius 3 is 2.83 bits per heavy atom. The van der Waals surface area contributed by atoms with E-state index in [1.165, 1.54) is 6.07 Å². The molecule has 0 atom stereocenters. The summed E-state index contributed by atoms with van der Waals surface area (Å²) in [6.07, 6.45) is 3.26. The Morgan fingerprint density at radius 1 is 1.29 bits per heavy atom. The Hall–Kier alpha value is -2.22. The standard InChI is InChI=1S/C16H10ClN3O2S2/c17-11-5-3-4-10(8-11)14(21)19-20-15(22)13(24-16(20)23)9-12-6-1-2-7-18-12/h1-9H,(H,19,21). The molecule has 1 aromatic carbocycles. The molecule has 0 bridgehead atoms. The molecule has 0 saturated carbocycles. The van der Waals surface area contributed by atoms with Crippen molar-refractivity contribution in [2.45, 2.75) is 0 Å². The van der Waals surface area contributed by atoms with Crippen LogP contribution in [0.3, 0.4) is 0 Å². The summed E-state index contributed by atoms with van der Waals surface area (Å²) in [5, 5.41) is 1.49. The van der Waals surface area contributed by atoms with Gasteiger partial charge in [0.2, 0.25) is 0 Å². The van der Waals surface area contributed by atoms with E-state index in [1.54, 1.807) is 42.6 Å². The zero-order valence-corrected chi connectivity index (χ0v) is 14.5. The van der Waals surface area contributed by atoms with Gasteiger partial charge in [0.25, 0.3) is 11.8 Å². The van der Waals surface area contributed by atoms with Gasteiger partial charge in [-0.05, 0) is 48.6 Å². The van der Waals surface area contributed by atoms with E-state index in [2.05, 4.69) is 10.4 Å². The fraction of sp³-hybridized carbons (Fsp3) is 0. The molecule has 1 saturated heterocycles. The van der Waals surface area contributed by atoms with Gasteiger partial charge in [0.05, 0.1) is 10.6 Å². The van der Waals surface area contributed by atoms with Crippen molar-refractivity contribution < 1.29 is 9.59 Å². The van der Waals surface area contributed by atoms with Crippen molar-refractivity contribution in [3.63, 3.8) is 0 Å². The highest BCUT2D eigenvalue weighted by Crippen LogP contribution is 2.31. The first-order chi connectivity index (χ1) is 11.5. The number of nitrogens with one attached hydrogen (secondary N) is 1. The third-order valence-corrected chi connectivity index (χ3v) is 4.60. The predicted octanol–water partition coefficient (Wildman–Crippen LogP) is 3.28. The summed E-state index contributed by atoms with van der Waals surface area (Å²) in [5.41, 5.74) is 3.48. The lowest BCUT2D eigenvalue weighted by Crippen LogP contribution is -2.44. The van der Waals surface area contributed by atoms with Crippen molar-refractivity contribution in [3.8, 4) is 0 Å². The molecule has 2 amide bonds. The zero-order valence-electron chi connectivity index (χ0n) is 12.1. The molecule has 1 fully saturated rings. The molecular weight excluding hydrogens is 366 g/mol. The molecule has 24 heavy (non-hydrogen) atoms. The number of thioether (sulfide) groups is 1. The number of hydrazine groups is 1. The van der Waals surface area contributed by atoms with Crippen molar-refractivity contribution in [2.75, 3.05) is 0 Å². The number of halogens is 1. The number of thiocarbonyl (C=S) groups is 1. The van der Waals surface area contributed by atoms with E-state index in [0.29, 0.717) is 21.2 Å². The number of rotatable bonds is 3. The van der Waals surface area contributed by atoms with Gasteiger partial charge in [0.15, 0.2) is 4.32 Å².